The molecule has 1 unspecified atom stereocenters. The first kappa shape index (κ1) is 7.48. The molecule has 0 aliphatic heterocycles. The average Bonchev–Trinajstić information content (AvgIpc) is 1.61. The van der Waals surface area contributed by atoms with Crippen molar-refractivity contribution in [3.8, 4) is 0 Å². The van der Waals surface area contributed by atoms with Gasteiger partial charge in [-0.1, -0.05) is 0 Å². The van der Waals surface area contributed by atoms with E-state index in [1.807, 2.05) is 6.92 Å². The van der Waals surface area contributed by atoms with Crippen LogP contribution in [0.25, 0.3) is 0 Å². The molecule has 0 aromatic rings. The molecule has 0 amide bonds. The molecule has 0 fully saturated rings. The Morgan fingerprint density at radius 3 is 2.43 bits per heavy atom. The summed E-state index contributed by atoms with van der Waals surface area (Å²) in [5.74, 6) is 2.19. The fourth-order valence-corrected chi connectivity index (χ4v) is 1.50. The molecule has 0 saturated carbocycles. The zero-order chi connectivity index (χ0) is 5.70. The Labute approximate surface area is 51.3 Å². The SMILES string of the molecule is C[Se]CCC(C)O. The fourth-order valence-electron chi connectivity index (χ4n) is 0.288. The maximum absolute atomic E-state index is 8.69. The van der Waals surface area contributed by atoms with E-state index in [1.165, 1.54) is 5.32 Å². The zero-order valence-corrected chi connectivity index (χ0v) is 6.56. The molecule has 0 heterocycles. The van der Waals surface area contributed by atoms with E-state index in [0.717, 1.165) is 21.4 Å². The first-order chi connectivity index (χ1) is 3.27. The van der Waals surface area contributed by atoms with E-state index in [0.29, 0.717) is 0 Å². The Balaban J connectivity index is 2.68. The quantitative estimate of drug-likeness (QED) is 0.620. The molecule has 1 N–H and O–H groups in total. The van der Waals surface area contributed by atoms with Crippen LogP contribution in [0.1, 0.15) is 13.3 Å². The molecule has 2 heteroatoms. The van der Waals surface area contributed by atoms with Crippen molar-refractivity contribution in [1.29, 1.82) is 0 Å². The summed E-state index contributed by atoms with van der Waals surface area (Å²) in [6.45, 7) is 1.84. The van der Waals surface area contributed by atoms with Gasteiger partial charge in [-0.15, -0.1) is 0 Å². The molecule has 0 bridgehead atoms. The van der Waals surface area contributed by atoms with Crippen LogP contribution in [0.3, 0.4) is 0 Å². The van der Waals surface area contributed by atoms with Gasteiger partial charge in [0, 0.05) is 0 Å². The molecule has 1 nitrogen and oxygen atoms in total. The monoisotopic (exact) mass is 168 g/mol. The Kier molecular flexibility index (Phi) is 4.95. The second-order valence-corrected chi connectivity index (χ2v) is 3.70. The second-order valence-electron chi connectivity index (χ2n) is 1.63. The summed E-state index contributed by atoms with van der Waals surface area (Å²) in [4.78, 5) is 0. The predicted octanol–water partition coefficient (Wildman–Crippen LogP) is 0.928. The number of rotatable bonds is 3. The van der Waals surface area contributed by atoms with Crippen molar-refractivity contribution in [2.45, 2.75) is 30.6 Å². The first-order valence-electron chi connectivity index (χ1n) is 2.44. The fraction of sp³-hybridized carbons (Fsp3) is 1.00. The van der Waals surface area contributed by atoms with Crippen LogP contribution in [0, 0.1) is 0 Å². The molecule has 1 atom stereocenters. The number of hydrogen-bond donors (Lipinski definition) is 1. The molecule has 0 radical (unpaired) electrons. The van der Waals surface area contributed by atoms with Gasteiger partial charge >= 0.3 is 50.7 Å². The van der Waals surface area contributed by atoms with Crippen LogP contribution in [0.2, 0.25) is 11.1 Å². The van der Waals surface area contributed by atoms with Gasteiger partial charge in [0.1, 0.15) is 0 Å². The number of aliphatic hydroxyl groups is 1. The van der Waals surface area contributed by atoms with Crippen LogP contribution in [-0.4, -0.2) is 26.2 Å². The van der Waals surface area contributed by atoms with E-state index in [4.69, 9.17) is 5.11 Å². The molecule has 44 valence electrons. The topological polar surface area (TPSA) is 20.2 Å². The van der Waals surface area contributed by atoms with Gasteiger partial charge in [0.25, 0.3) is 0 Å². The van der Waals surface area contributed by atoms with Gasteiger partial charge in [-0.05, 0) is 0 Å². The van der Waals surface area contributed by atoms with Crippen molar-refractivity contribution in [2.24, 2.45) is 0 Å². The van der Waals surface area contributed by atoms with Gasteiger partial charge in [0.2, 0.25) is 0 Å². The van der Waals surface area contributed by atoms with Crippen LogP contribution < -0.4 is 0 Å². The van der Waals surface area contributed by atoms with E-state index >= 15 is 0 Å². The maximum atomic E-state index is 8.69. The van der Waals surface area contributed by atoms with Crippen LogP contribution >= 0.6 is 0 Å². The van der Waals surface area contributed by atoms with Crippen LogP contribution in [-0.2, 0) is 0 Å². The van der Waals surface area contributed by atoms with Crippen molar-refractivity contribution in [3.63, 3.8) is 0 Å². The van der Waals surface area contributed by atoms with Gasteiger partial charge in [-0.3, -0.25) is 0 Å². The summed E-state index contributed by atoms with van der Waals surface area (Å²) in [5.41, 5.74) is 0. The van der Waals surface area contributed by atoms with Crippen molar-refractivity contribution >= 4 is 15.0 Å². The third-order valence-corrected chi connectivity index (χ3v) is 2.09. The Hall–Kier alpha value is 0.479. The summed E-state index contributed by atoms with van der Waals surface area (Å²) < 4.78 is 0. The summed E-state index contributed by atoms with van der Waals surface area (Å²) in [6, 6.07) is 0. The van der Waals surface area contributed by atoms with E-state index in [9.17, 15) is 0 Å². The first-order valence-corrected chi connectivity index (χ1v) is 5.37. The Morgan fingerprint density at radius 2 is 2.29 bits per heavy atom. The second kappa shape index (κ2) is 4.63. The van der Waals surface area contributed by atoms with Gasteiger partial charge < -0.3 is 0 Å². The summed E-state index contributed by atoms with van der Waals surface area (Å²) >= 11 is 0.747. The average molecular weight is 167 g/mol. The normalized spacial score (nSPS) is 14.1. The van der Waals surface area contributed by atoms with Crippen molar-refractivity contribution in [3.05, 3.63) is 0 Å². The minimum atomic E-state index is -0.0816. The minimum absolute atomic E-state index is 0.0816. The van der Waals surface area contributed by atoms with Gasteiger partial charge in [0.15, 0.2) is 0 Å². The molecule has 0 rings (SSSR count). The zero-order valence-electron chi connectivity index (χ0n) is 4.85. The van der Waals surface area contributed by atoms with Crippen LogP contribution in [0.15, 0.2) is 0 Å². The van der Waals surface area contributed by atoms with E-state index in [2.05, 4.69) is 5.82 Å². The van der Waals surface area contributed by atoms with Crippen molar-refractivity contribution in [1.82, 2.24) is 0 Å². The molecule has 0 spiro atoms. The Bertz CT molecular complexity index is 37.1. The molecule has 0 aliphatic rings. The molecule has 0 aliphatic carbocycles. The molecule has 7 heavy (non-hydrogen) atoms. The van der Waals surface area contributed by atoms with Crippen molar-refractivity contribution < 1.29 is 5.11 Å². The third kappa shape index (κ3) is 6.48. The van der Waals surface area contributed by atoms with E-state index in [-0.39, 0.29) is 6.10 Å². The third-order valence-electron chi connectivity index (χ3n) is 0.740. The molecule has 0 saturated heterocycles. The molecular weight excluding hydrogens is 155 g/mol. The molecule has 0 aromatic heterocycles. The standard InChI is InChI=1S/C5H12OSe/c1-5(6)3-4-7-2/h5-6H,3-4H2,1-2H3. The number of hydrogen-bond acceptors (Lipinski definition) is 1. The van der Waals surface area contributed by atoms with E-state index in [1.54, 1.807) is 0 Å². The molecule has 0 aromatic carbocycles. The van der Waals surface area contributed by atoms with Gasteiger partial charge in [0.05, 0.1) is 0 Å². The van der Waals surface area contributed by atoms with Crippen molar-refractivity contribution in [2.75, 3.05) is 0 Å². The predicted molar refractivity (Wildman–Crippen MR) is 32.7 cm³/mol. The Morgan fingerprint density at radius 1 is 1.71 bits per heavy atom. The van der Waals surface area contributed by atoms with Gasteiger partial charge in [-0.25, -0.2) is 0 Å². The number of aliphatic hydroxyl groups excluding tert-OH is 1. The van der Waals surface area contributed by atoms with E-state index < -0.39 is 0 Å². The van der Waals surface area contributed by atoms with Gasteiger partial charge in [-0.2, -0.15) is 0 Å². The van der Waals surface area contributed by atoms with Crippen LogP contribution in [0.5, 0.6) is 0 Å². The molecular formula is C5H12OSe. The van der Waals surface area contributed by atoms with Crippen LogP contribution in [0.4, 0.5) is 0 Å². The summed E-state index contributed by atoms with van der Waals surface area (Å²) in [7, 11) is 0. The summed E-state index contributed by atoms with van der Waals surface area (Å²) in [5, 5.41) is 9.91. The summed E-state index contributed by atoms with van der Waals surface area (Å²) in [6.07, 6.45) is 0.901.